The van der Waals surface area contributed by atoms with E-state index in [0.29, 0.717) is 17.7 Å². The summed E-state index contributed by atoms with van der Waals surface area (Å²) in [7, 11) is 0. The molecule has 1 heterocycles. The maximum atomic E-state index is 13.5. The van der Waals surface area contributed by atoms with Crippen molar-refractivity contribution in [2.75, 3.05) is 0 Å². The van der Waals surface area contributed by atoms with E-state index in [4.69, 9.17) is 5.73 Å². The Bertz CT molecular complexity index is 1090. The zero-order chi connectivity index (χ0) is 29.1. The Morgan fingerprint density at radius 2 is 1.51 bits per heavy atom. The number of carboxylic acids is 1. The van der Waals surface area contributed by atoms with Crippen molar-refractivity contribution in [3.8, 4) is 5.75 Å². The number of carbonyl (C=O) groups excluding carboxylic acids is 3. The fourth-order valence-electron chi connectivity index (χ4n) is 3.92. The predicted molar refractivity (Wildman–Crippen MR) is 144 cm³/mol. The van der Waals surface area contributed by atoms with Gasteiger partial charge in [0.1, 0.15) is 23.9 Å². The van der Waals surface area contributed by atoms with Gasteiger partial charge in [-0.3, -0.25) is 14.4 Å². The fraction of sp³-hybridized carbons (Fsp3) is 0.519. The molecule has 39 heavy (non-hydrogen) atoms. The minimum Gasteiger partial charge on any atom is -0.508 e. The molecule has 0 radical (unpaired) electrons. The van der Waals surface area contributed by atoms with Crippen LogP contribution < -0.4 is 21.7 Å². The van der Waals surface area contributed by atoms with Gasteiger partial charge in [-0.2, -0.15) is 0 Å². The highest BCUT2D eigenvalue weighted by Gasteiger charge is 2.31. The van der Waals surface area contributed by atoms with E-state index in [9.17, 15) is 29.4 Å². The first-order chi connectivity index (χ1) is 18.4. The predicted octanol–water partition coefficient (Wildman–Crippen LogP) is 0.859. The molecule has 12 nitrogen and oxygen atoms in total. The number of hydrogen-bond acceptors (Lipinski definition) is 7. The number of phenolic OH excluding ortho intramolecular Hbond substituents is 1. The first kappa shape index (κ1) is 31.3. The van der Waals surface area contributed by atoms with Gasteiger partial charge in [-0.1, -0.05) is 46.2 Å². The van der Waals surface area contributed by atoms with Crippen LogP contribution in [0.15, 0.2) is 36.8 Å². The standard InChI is InChI=1S/C27H40N6O6/c1-5-16(4)23(28)26(37)32-21(11-17-6-8-19(34)9-7-17)25(36)31-20(10-15(2)3)24(35)33-22(27(38)39)12-18-13-29-14-30-18/h6-9,13-16,20-23,34H,5,10-12,28H2,1-4H3,(H,29,30)(H,31,36)(H,32,37)(H,33,35)(H,38,39)/t16-,20-,21-,22-,23-/m0/s1. The SMILES string of the molecule is CC[C@H](C)[C@H](N)C(=O)N[C@@H](Cc1ccc(O)cc1)C(=O)N[C@@H](CC(C)C)C(=O)N[C@@H](Cc1cnc[nH]1)C(=O)O. The van der Waals surface area contributed by atoms with Crippen molar-refractivity contribution >= 4 is 23.7 Å². The summed E-state index contributed by atoms with van der Waals surface area (Å²) >= 11 is 0. The summed E-state index contributed by atoms with van der Waals surface area (Å²) in [6, 6.07) is 1.99. The first-order valence-corrected chi connectivity index (χ1v) is 13.1. The molecule has 0 aliphatic heterocycles. The van der Waals surface area contributed by atoms with Crippen LogP contribution in [0.2, 0.25) is 0 Å². The molecule has 0 spiro atoms. The van der Waals surface area contributed by atoms with Crippen LogP contribution in [0, 0.1) is 11.8 Å². The zero-order valence-corrected chi connectivity index (χ0v) is 22.8. The summed E-state index contributed by atoms with van der Waals surface area (Å²) in [5.41, 5.74) is 7.28. The van der Waals surface area contributed by atoms with Crippen LogP contribution in [-0.4, -0.2) is 68.0 Å². The number of aromatic amines is 1. The second-order valence-corrected chi connectivity index (χ2v) is 10.2. The lowest BCUT2D eigenvalue weighted by Gasteiger charge is -2.27. The number of nitrogens with two attached hydrogens (primary N) is 1. The molecule has 1 aromatic heterocycles. The van der Waals surface area contributed by atoms with Crippen LogP contribution >= 0.6 is 0 Å². The molecule has 8 N–H and O–H groups in total. The molecule has 2 rings (SSSR count). The Hall–Kier alpha value is -3.93. The highest BCUT2D eigenvalue weighted by Crippen LogP contribution is 2.13. The second kappa shape index (κ2) is 14.9. The molecule has 0 bridgehead atoms. The number of benzene rings is 1. The summed E-state index contributed by atoms with van der Waals surface area (Å²) in [5, 5.41) is 27.2. The van der Waals surface area contributed by atoms with Crippen LogP contribution in [-0.2, 0) is 32.0 Å². The number of H-pyrrole nitrogens is 1. The molecule has 0 aliphatic carbocycles. The number of aliphatic carboxylic acids is 1. The Balaban J connectivity index is 2.23. The van der Waals surface area contributed by atoms with Gasteiger partial charge in [0.05, 0.1) is 12.4 Å². The first-order valence-electron chi connectivity index (χ1n) is 13.1. The van der Waals surface area contributed by atoms with Gasteiger partial charge >= 0.3 is 5.97 Å². The molecule has 0 unspecified atom stereocenters. The summed E-state index contributed by atoms with van der Waals surface area (Å²) in [6.07, 6.45) is 3.85. The number of carbonyl (C=O) groups is 4. The molecule has 0 saturated carbocycles. The van der Waals surface area contributed by atoms with Gasteiger partial charge in [-0.15, -0.1) is 0 Å². The van der Waals surface area contributed by atoms with E-state index in [0.717, 1.165) is 0 Å². The summed E-state index contributed by atoms with van der Waals surface area (Å²) < 4.78 is 0. The molecule has 0 fully saturated rings. The number of nitrogens with one attached hydrogen (secondary N) is 4. The van der Waals surface area contributed by atoms with Gasteiger partial charge in [0, 0.05) is 24.7 Å². The normalized spacial score (nSPS) is 15.0. The molecular formula is C27H40N6O6. The smallest absolute Gasteiger partial charge is 0.326 e. The van der Waals surface area contributed by atoms with E-state index in [2.05, 4.69) is 25.9 Å². The summed E-state index contributed by atoms with van der Waals surface area (Å²) in [5.74, 6) is -3.09. The van der Waals surface area contributed by atoms with Crippen molar-refractivity contribution in [1.29, 1.82) is 0 Å². The molecular weight excluding hydrogens is 504 g/mol. The highest BCUT2D eigenvalue weighted by atomic mass is 16.4. The third kappa shape index (κ3) is 10.0. The number of nitrogens with zero attached hydrogens (tertiary/aromatic N) is 1. The Labute approximate surface area is 228 Å². The highest BCUT2D eigenvalue weighted by molar-refractivity contribution is 5.94. The van der Waals surface area contributed by atoms with Crippen molar-refractivity contribution in [3.05, 3.63) is 48.0 Å². The summed E-state index contributed by atoms with van der Waals surface area (Å²) in [6.45, 7) is 7.48. The lowest BCUT2D eigenvalue weighted by atomic mass is 9.97. The lowest BCUT2D eigenvalue weighted by molar-refractivity contribution is -0.142. The molecule has 3 amide bonds. The average molecular weight is 545 g/mol. The average Bonchev–Trinajstić information content (AvgIpc) is 3.40. The summed E-state index contributed by atoms with van der Waals surface area (Å²) in [4.78, 5) is 58.0. The number of amides is 3. The molecule has 0 aliphatic rings. The van der Waals surface area contributed by atoms with E-state index >= 15 is 0 Å². The Kier molecular flexibility index (Phi) is 11.9. The number of carboxylic acid groups (broad SMARTS) is 1. The van der Waals surface area contributed by atoms with Gasteiger partial charge in [0.15, 0.2) is 0 Å². The minimum atomic E-state index is -1.24. The molecule has 2 aromatic rings. The number of hydrogen-bond donors (Lipinski definition) is 7. The number of rotatable bonds is 15. The lowest BCUT2D eigenvalue weighted by Crippen LogP contribution is -2.58. The molecule has 0 saturated heterocycles. The monoisotopic (exact) mass is 544 g/mol. The van der Waals surface area contributed by atoms with E-state index in [1.165, 1.54) is 24.7 Å². The topological polar surface area (TPSA) is 200 Å². The molecule has 5 atom stereocenters. The zero-order valence-electron chi connectivity index (χ0n) is 22.8. The van der Waals surface area contributed by atoms with Crippen LogP contribution in [0.5, 0.6) is 5.75 Å². The van der Waals surface area contributed by atoms with Gasteiger partial charge in [0.2, 0.25) is 17.7 Å². The second-order valence-electron chi connectivity index (χ2n) is 10.2. The van der Waals surface area contributed by atoms with Crippen LogP contribution in [0.1, 0.15) is 51.8 Å². The maximum absolute atomic E-state index is 13.5. The minimum absolute atomic E-state index is 0.0131. The van der Waals surface area contributed by atoms with Crippen LogP contribution in [0.4, 0.5) is 0 Å². The van der Waals surface area contributed by atoms with Gasteiger partial charge in [-0.05, 0) is 36.0 Å². The van der Waals surface area contributed by atoms with Crippen LogP contribution in [0.3, 0.4) is 0 Å². The molecule has 214 valence electrons. The largest absolute Gasteiger partial charge is 0.508 e. The Morgan fingerprint density at radius 1 is 0.923 bits per heavy atom. The van der Waals surface area contributed by atoms with Gasteiger partial charge < -0.3 is 36.9 Å². The van der Waals surface area contributed by atoms with E-state index in [1.807, 2.05) is 27.7 Å². The quantitative estimate of drug-likeness (QED) is 0.171. The van der Waals surface area contributed by atoms with Crippen molar-refractivity contribution in [3.63, 3.8) is 0 Å². The third-order valence-corrected chi connectivity index (χ3v) is 6.50. The maximum Gasteiger partial charge on any atom is 0.326 e. The van der Waals surface area contributed by atoms with Crippen molar-refractivity contribution in [1.82, 2.24) is 25.9 Å². The van der Waals surface area contributed by atoms with Gasteiger partial charge in [0.25, 0.3) is 0 Å². The number of phenols is 1. The van der Waals surface area contributed by atoms with Gasteiger partial charge in [-0.25, -0.2) is 9.78 Å². The third-order valence-electron chi connectivity index (χ3n) is 6.50. The molecule has 12 heteroatoms. The number of aromatic hydroxyl groups is 1. The van der Waals surface area contributed by atoms with E-state index in [-0.39, 0.29) is 36.8 Å². The van der Waals surface area contributed by atoms with Crippen LogP contribution in [0.25, 0.3) is 0 Å². The van der Waals surface area contributed by atoms with Crippen molar-refractivity contribution in [2.45, 2.75) is 77.5 Å². The fourth-order valence-corrected chi connectivity index (χ4v) is 3.92. The van der Waals surface area contributed by atoms with Crippen molar-refractivity contribution < 1.29 is 29.4 Å². The molecule has 1 aromatic carbocycles. The number of imidazole rings is 1. The van der Waals surface area contributed by atoms with E-state index < -0.39 is 47.9 Å². The Morgan fingerprint density at radius 3 is 2.05 bits per heavy atom. The van der Waals surface area contributed by atoms with Crippen molar-refractivity contribution in [2.24, 2.45) is 17.6 Å². The number of aromatic nitrogens is 2. The van der Waals surface area contributed by atoms with E-state index in [1.54, 1.807) is 12.1 Å².